The summed E-state index contributed by atoms with van der Waals surface area (Å²) in [5.41, 5.74) is 1.17. The average Bonchev–Trinajstić information content (AvgIpc) is 2.50. The van der Waals surface area contributed by atoms with Crippen molar-refractivity contribution in [1.82, 2.24) is 10.2 Å². The first-order valence-electron chi connectivity index (χ1n) is 7.47. The molecule has 0 atom stereocenters. The predicted molar refractivity (Wildman–Crippen MR) is 83.7 cm³/mol. The Morgan fingerprint density at radius 3 is 2.50 bits per heavy atom. The summed E-state index contributed by atoms with van der Waals surface area (Å²) in [7, 11) is 1.68. The van der Waals surface area contributed by atoms with E-state index in [0.717, 1.165) is 44.2 Å². The van der Waals surface area contributed by atoms with Crippen LogP contribution in [0.1, 0.15) is 26.3 Å². The molecule has 0 saturated heterocycles. The smallest absolute Gasteiger partial charge is 0.127 e. The maximum atomic E-state index is 5.95. The first-order valence-corrected chi connectivity index (χ1v) is 7.47. The van der Waals surface area contributed by atoms with E-state index >= 15 is 0 Å². The molecule has 0 saturated carbocycles. The monoisotopic (exact) mass is 280 g/mol. The standard InChI is InChI=1S/C16H28N2O2/c1-5-17-13-14-8-9-15(19-4)12-16(14)20-11-10-18(6-2)7-3/h8-9,12,17H,5-7,10-11,13H2,1-4H3. The van der Waals surface area contributed by atoms with Gasteiger partial charge >= 0.3 is 0 Å². The lowest BCUT2D eigenvalue weighted by molar-refractivity contribution is 0.221. The van der Waals surface area contributed by atoms with Crippen LogP contribution in [0.25, 0.3) is 0 Å². The maximum absolute atomic E-state index is 5.95. The van der Waals surface area contributed by atoms with Gasteiger partial charge in [-0.25, -0.2) is 0 Å². The average molecular weight is 280 g/mol. The molecule has 0 unspecified atom stereocenters. The van der Waals surface area contributed by atoms with Gasteiger partial charge in [-0.1, -0.05) is 26.8 Å². The van der Waals surface area contributed by atoms with Gasteiger partial charge in [-0.2, -0.15) is 0 Å². The van der Waals surface area contributed by atoms with E-state index in [-0.39, 0.29) is 0 Å². The fourth-order valence-electron chi connectivity index (χ4n) is 2.03. The van der Waals surface area contributed by atoms with Crippen molar-refractivity contribution in [2.45, 2.75) is 27.3 Å². The van der Waals surface area contributed by atoms with Gasteiger partial charge in [-0.3, -0.25) is 0 Å². The molecule has 1 rings (SSSR count). The summed E-state index contributed by atoms with van der Waals surface area (Å²) in [6.45, 7) is 12.0. The summed E-state index contributed by atoms with van der Waals surface area (Å²) in [5, 5.41) is 3.33. The van der Waals surface area contributed by atoms with E-state index in [9.17, 15) is 0 Å². The molecule has 1 aromatic rings. The van der Waals surface area contributed by atoms with Crippen LogP contribution in [-0.4, -0.2) is 44.8 Å². The molecule has 4 nitrogen and oxygen atoms in total. The third kappa shape index (κ3) is 5.39. The predicted octanol–water partition coefficient (Wildman–Crippen LogP) is 2.53. The Labute approximate surface area is 123 Å². The van der Waals surface area contributed by atoms with E-state index in [1.54, 1.807) is 7.11 Å². The lowest BCUT2D eigenvalue weighted by Crippen LogP contribution is -2.28. The number of benzene rings is 1. The van der Waals surface area contributed by atoms with Crippen LogP contribution in [0.2, 0.25) is 0 Å². The minimum atomic E-state index is 0.702. The Morgan fingerprint density at radius 1 is 1.15 bits per heavy atom. The summed E-state index contributed by atoms with van der Waals surface area (Å²) >= 11 is 0. The van der Waals surface area contributed by atoms with Crippen LogP contribution < -0.4 is 14.8 Å². The van der Waals surface area contributed by atoms with Crippen molar-refractivity contribution < 1.29 is 9.47 Å². The maximum Gasteiger partial charge on any atom is 0.127 e. The molecular weight excluding hydrogens is 252 g/mol. The lowest BCUT2D eigenvalue weighted by Gasteiger charge is -2.19. The molecule has 1 aromatic carbocycles. The molecule has 0 heterocycles. The highest BCUT2D eigenvalue weighted by Crippen LogP contribution is 2.24. The van der Waals surface area contributed by atoms with Gasteiger partial charge in [0.2, 0.25) is 0 Å². The second-order valence-corrected chi connectivity index (χ2v) is 4.63. The summed E-state index contributed by atoms with van der Waals surface area (Å²) in [5.74, 6) is 1.75. The highest BCUT2D eigenvalue weighted by molar-refractivity contribution is 5.40. The van der Waals surface area contributed by atoms with E-state index in [0.29, 0.717) is 6.61 Å². The van der Waals surface area contributed by atoms with Crippen LogP contribution in [0.3, 0.4) is 0 Å². The lowest BCUT2D eigenvalue weighted by atomic mass is 10.2. The van der Waals surface area contributed by atoms with Crippen molar-refractivity contribution >= 4 is 0 Å². The van der Waals surface area contributed by atoms with Gasteiger partial charge in [0.05, 0.1) is 7.11 Å². The Kier molecular flexibility index (Phi) is 8.07. The zero-order valence-electron chi connectivity index (χ0n) is 13.2. The third-order valence-electron chi connectivity index (χ3n) is 3.40. The molecule has 0 aliphatic carbocycles. The van der Waals surface area contributed by atoms with Gasteiger partial charge < -0.3 is 19.7 Å². The molecular formula is C16H28N2O2. The van der Waals surface area contributed by atoms with E-state index in [1.807, 2.05) is 12.1 Å². The van der Waals surface area contributed by atoms with E-state index in [1.165, 1.54) is 5.56 Å². The molecule has 1 N–H and O–H groups in total. The Hall–Kier alpha value is -1.26. The molecule has 0 fully saturated rings. The summed E-state index contributed by atoms with van der Waals surface area (Å²) in [6.07, 6.45) is 0. The molecule has 4 heteroatoms. The van der Waals surface area contributed by atoms with Crippen LogP contribution in [0.5, 0.6) is 11.5 Å². The van der Waals surface area contributed by atoms with Crippen LogP contribution in [0, 0.1) is 0 Å². The van der Waals surface area contributed by atoms with E-state index in [4.69, 9.17) is 9.47 Å². The van der Waals surface area contributed by atoms with Gasteiger partial charge in [0.25, 0.3) is 0 Å². The van der Waals surface area contributed by atoms with Crippen LogP contribution in [-0.2, 0) is 6.54 Å². The van der Waals surface area contributed by atoms with Gasteiger partial charge in [0.15, 0.2) is 0 Å². The normalized spacial score (nSPS) is 10.8. The number of likely N-dealkylation sites (N-methyl/N-ethyl adjacent to an activating group) is 1. The molecule has 0 aromatic heterocycles. The first-order chi connectivity index (χ1) is 9.74. The zero-order chi connectivity index (χ0) is 14.8. The fourth-order valence-corrected chi connectivity index (χ4v) is 2.03. The largest absolute Gasteiger partial charge is 0.497 e. The first kappa shape index (κ1) is 16.8. The highest BCUT2D eigenvalue weighted by Gasteiger charge is 2.06. The van der Waals surface area contributed by atoms with Crippen molar-refractivity contribution in [2.24, 2.45) is 0 Å². The molecule has 20 heavy (non-hydrogen) atoms. The quantitative estimate of drug-likeness (QED) is 0.714. The second kappa shape index (κ2) is 9.61. The summed E-state index contributed by atoms with van der Waals surface area (Å²) in [6, 6.07) is 6.01. The molecule has 0 spiro atoms. The molecule has 0 bridgehead atoms. The number of nitrogens with one attached hydrogen (secondary N) is 1. The Balaban J connectivity index is 2.64. The van der Waals surface area contributed by atoms with Crippen molar-refractivity contribution in [3.63, 3.8) is 0 Å². The van der Waals surface area contributed by atoms with Crippen molar-refractivity contribution in [2.75, 3.05) is 39.9 Å². The molecule has 0 radical (unpaired) electrons. The number of methoxy groups -OCH3 is 1. The van der Waals surface area contributed by atoms with E-state index < -0.39 is 0 Å². The van der Waals surface area contributed by atoms with Crippen LogP contribution in [0.15, 0.2) is 18.2 Å². The van der Waals surface area contributed by atoms with E-state index in [2.05, 4.69) is 37.1 Å². The number of ether oxygens (including phenoxy) is 2. The minimum absolute atomic E-state index is 0.702. The van der Waals surface area contributed by atoms with Crippen LogP contribution >= 0.6 is 0 Å². The van der Waals surface area contributed by atoms with Crippen molar-refractivity contribution in [3.8, 4) is 11.5 Å². The SMILES string of the molecule is CCNCc1ccc(OC)cc1OCCN(CC)CC. The summed E-state index contributed by atoms with van der Waals surface area (Å²) in [4.78, 5) is 2.35. The molecule has 0 aliphatic heterocycles. The second-order valence-electron chi connectivity index (χ2n) is 4.63. The molecule has 0 aliphatic rings. The number of hydrogen-bond acceptors (Lipinski definition) is 4. The van der Waals surface area contributed by atoms with Crippen molar-refractivity contribution in [3.05, 3.63) is 23.8 Å². The third-order valence-corrected chi connectivity index (χ3v) is 3.40. The van der Waals surface area contributed by atoms with Crippen molar-refractivity contribution in [1.29, 1.82) is 0 Å². The fraction of sp³-hybridized carbons (Fsp3) is 0.625. The zero-order valence-corrected chi connectivity index (χ0v) is 13.2. The molecule has 0 amide bonds. The number of nitrogens with zero attached hydrogens (tertiary/aromatic N) is 1. The topological polar surface area (TPSA) is 33.7 Å². The van der Waals surface area contributed by atoms with Gasteiger partial charge in [-0.05, 0) is 25.7 Å². The number of rotatable bonds is 10. The van der Waals surface area contributed by atoms with Gasteiger partial charge in [0.1, 0.15) is 18.1 Å². The Morgan fingerprint density at radius 2 is 1.90 bits per heavy atom. The van der Waals surface area contributed by atoms with Crippen LogP contribution in [0.4, 0.5) is 0 Å². The molecule has 114 valence electrons. The minimum Gasteiger partial charge on any atom is -0.497 e. The number of hydrogen-bond donors (Lipinski definition) is 1. The van der Waals surface area contributed by atoms with Gasteiger partial charge in [0, 0.05) is 24.7 Å². The van der Waals surface area contributed by atoms with Gasteiger partial charge in [-0.15, -0.1) is 0 Å². The highest BCUT2D eigenvalue weighted by atomic mass is 16.5. The Bertz CT molecular complexity index is 379. The summed E-state index contributed by atoms with van der Waals surface area (Å²) < 4.78 is 11.2.